The number of fused-ring (bicyclic) bond motifs is 1. The van der Waals surface area contributed by atoms with Gasteiger partial charge in [-0.25, -0.2) is 0 Å². The number of carbonyl (C=O) groups is 1. The normalized spacial score (nSPS) is 13.2. The van der Waals surface area contributed by atoms with Crippen LogP contribution >= 0.6 is 0 Å². The highest BCUT2D eigenvalue weighted by Gasteiger charge is 2.31. The van der Waals surface area contributed by atoms with Crippen molar-refractivity contribution in [1.82, 2.24) is 0 Å². The number of anilines is 2. The lowest BCUT2D eigenvalue weighted by atomic mass is 10.1. The van der Waals surface area contributed by atoms with Gasteiger partial charge in [-0.1, -0.05) is 24.3 Å². The van der Waals surface area contributed by atoms with E-state index in [-0.39, 0.29) is 5.91 Å². The molecule has 0 atom stereocenters. The van der Waals surface area contributed by atoms with E-state index in [0.717, 1.165) is 5.56 Å². The number of nitriles is 1. The molecule has 0 bridgehead atoms. The predicted molar refractivity (Wildman–Crippen MR) is 72.5 cm³/mol. The third kappa shape index (κ3) is 1.64. The van der Waals surface area contributed by atoms with Crippen LogP contribution in [-0.2, 0) is 6.54 Å². The number of benzene rings is 2. The molecule has 4 nitrogen and oxygen atoms in total. The van der Waals surface area contributed by atoms with Gasteiger partial charge in [-0.05, 0) is 23.8 Å². The van der Waals surface area contributed by atoms with Crippen LogP contribution in [0.2, 0.25) is 0 Å². The molecule has 0 aliphatic carbocycles. The van der Waals surface area contributed by atoms with Gasteiger partial charge in [0.1, 0.15) is 6.07 Å². The lowest BCUT2D eigenvalue weighted by molar-refractivity contribution is 0.0997. The molecule has 0 spiro atoms. The zero-order valence-electron chi connectivity index (χ0n) is 10.1. The minimum atomic E-state index is -0.143. The summed E-state index contributed by atoms with van der Waals surface area (Å²) >= 11 is 0. The Morgan fingerprint density at radius 2 is 1.95 bits per heavy atom. The predicted octanol–water partition coefficient (Wildman–Crippen LogP) is 2.30. The number of nitrogens with two attached hydrogens (primary N) is 1. The molecule has 0 radical (unpaired) electrons. The summed E-state index contributed by atoms with van der Waals surface area (Å²) in [4.78, 5) is 14.0. The van der Waals surface area contributed by atoms with Gasteiger partial charge in [0.05, 0.1) is 23.4 Å². The highest BCUT2D eigenvalue weighted by molar-refractivity contribution is 6.13. The summed E-state index contributed by atoms with van der Waals surface area (Å²) in [6, 6.07) is 14.6. The molecule has 1 heterocycles. The lowest BCUT2D eigenvalue weighted by Gasteiger charge is -2.16. The van der Waals surface area contributed by atoms with Crippen LogP contribution in [0.25, 0.3) is 0 Å². The van der Waals surface area contributed by atoms with Crippen molar-refractivity contribution in [3.8, 4) is 6.07 Å². The Hall–Kier alpha value is -2.80. The summed E-state index contributed by atoms with van der Waals surface area (Å²) in [5, 5.41) is 9.12. The molecule has 2 N–H and O–H groups in total. The first-order valence-electron chi connectivity index (χ1n) is 5.90. The van der Waals surface area contributed by atoms with Gasteiger partial charge >= 0.3 is 0 Å². The lowest BCUT2D eigenvalue weighted by Crippen LogP contribution is -2.24. The first-order valence-corrected chi connectivity index (χ1v) is 5.90. The van der Waals surface area contributed by atoms with E-state index in [1.807, 2.05) is 18.2 Å². The van der Waals surface area contributed by atoms with Gasteiger partial charge in [-0.3, -0.25) is 4.79 Å². The number of nitrogens with zero attached hydrogens (tertiary/aromatic N) is 2. The monoisotopic (exact) mass is 249 g/mol. The number of carbonyl (C=O) groups excluding carboxylic acids is 1. The van der Waals surface area contributed by atoms with Crippen LogP contribution in [-0.4, -0.2) is 5.91 Å². The van der Waals surface area contributed by atoms with Gasteiger partial charge in [0.25, 0.3) is 5.91 Å². The molecule has 0 fully saturated rings. The maximum Gasteiger partial charge on any atom is 0.261 e. The van der Waals surface area contributed by atoms with E-state index in [2.05, 4.69) is 6.07 Å². The minimum absolute atomic E-state index is 0.143. The minimum Gasteiger partial charge on any atom is -0.398 e. The van der Waals surface area contributed by atoms with Crippen molar-refractivity contribution < 1.29 is 4.79 Å². The van der Waals surface area contributed by atoms with Gasteiger partial charge < -0.3 is 10.6 Å². The molecule has 19 heavy (non-hydrogen) atoms. The van der Waals surface area contributed by atoms with Gasteiger partial charge in [-0.2, -0.15) is 5.26 Å². The van der Waals surface area contributed by atoms with E-state index in [9.17, 15) is 4.79 Å². The Labute approximate surface area is 110 Å². The third-order valence-electron chi connectivity index (χ3n) is 3.29. The van der Waals surface area contributed by atoms with E-state index in [0.29, 0.717) is 29.0 Å². The second-order valence-electron chi connectivity index (χ2n) is 4.40. The molecular formula is C15H11N3O. The number of amides is 1. The van der Waals surface area contributed by atoms with Gasteiger partial charge in [0.15, 0.2) is 0 Å². The van der Waals surface area contributed by atoms with Crippen LogP contribution in [0.15, 0.2) is 42.5 Å². The molecule has 2 aromatic rings. The fraction of sp³-hybridized carbons (Fsp3) is 0.0667. The fourth-order valence-corrected chi connectivity index (χ4v) is 2.39. The number of hydrogen-bond acceptors (Lipinski definition) is 3. The maximum absolute atomic E-state index is 12.4. The van der Waals surface area contributed by atoms with E-state index >= 15 is 0 Å². The molecule has 4 heteroatoms. The van der Waals surface area contributed by atoms with E-state index in [1.54, 1.807) is 29.2 Å². The smallest absolute Gasteiger partial charge is 0.261 e. The quantitative estimate of drug-likeness (QED) is 0.788. The molecule has 0 saturated carbocycles. The number of hydrogen-bond donors (Lipinski definition) is 1. The molecule has 1 aliphatic heterocycles. The topological polar surface area (TPSA) is 70.1 Å². The average Bonchev–Trinajstić information content (AvgIpc) is 2.77. The number of nitrogen functional groups attached to an aromatic ring is 1. The summed E-state index contributed by atoms with van der Waals surface area (Å²) in [7, 11) is 0. The summed E-state index contributed by atoms with van der Waals surface area (Å²) in [6.45, 7) is 0.456. The molecule has 3 rings (SSSR count). The van der Waals surface area contributed by atoms with Crippen LogP contribution in [0.1, 0.15) is 21.5 Å². The van der Waals surface area contributed by atoms with E-state index < -0.39 is 0 Å². The van der Waals surface area contributed by atoms with E-state index in [4.69, 9.17) is 11.0 Å². The van der Waals surface area contributed by atoms with Crippen molar-refractivity contribution in [2.45, 2.75) is 6.54 Å². The highest BCUT2D eigenvalue weighted by Crippen LogP contribution is 2.32. The zero-order valence-corrected chi connectivity index (χ0v) is 10.1. The van der Waals surface area contributed by atoms with Gasteiger partial charge in [0, 0.05) is 5.69 Å². The molecule has 92 valence electrons. The molecule has 0 aromatic heterocycles. The number of para-hydroxylation sites is 1. The Bertz CT molecular complexity index is 716. The average molecular weight is 249 g/mol. The molecule has 1 aliphatic rings. The van der Waals surface area contributed by atoms with Crippen molar-refractivity contribution in [2.24, 2.45) is 0 Å². The van der Waals surface area contributed by atoms with Gasteiger partial charge in [0.2, 0.25) is 0 Å². The Morgan fingerprint density at radius 3 is 2.68 bits per heavy atom. The van der Waals surface area contributed by atoms with Crippen LogP contribution in [0.5, 0.6) is 0 Å². The van der Waals surface area contributed by atoms with E-state index in [1.165, 1.54) is 0 Å². The van der Waals surface area contributed by atoms with Crippen LogP contribution in [0.4, 0.5) is 11.4 Å². The Morgan fingerprint density at radius 1 is 1.16 bits per heavy atom. The van der Waals surface area contributed by atoms with Crippen LogP contribution in [0, 0.1) is 11.3 Å². The second-order valence-corrected chi connectivity index (χ2v) is 4.40. The van der Waals surface area contributed by atoms with Crippen molar-refractivity contribution in [3.63, 3.8) is 0 Å². The largest absolute Gasteiger partial charge is 0.398 e. The Kier molecular flexibility index (Phi) is 2.46. The van der Waals surface area contributed by atoms with Crippen molar-refractivity contribution in [1.29, 1.82) is 5.26 Å². The summed E-state index contributed by atoms with van der Waals surface area (Å²) < 4.78 is 0. The molecule has 0 saturated heterocycles. The summed E-state index contributed by atoms with van der Waals surface area (Å²) in [5.41, 5.74) is 8.92. The zero-order chi connectivity index (χ0) is 13.4. The SMILES string of the molecule is N#Cc1ccccc1N1Cc2cccc(N)c2C1=O. The molecule has 2 aromatic carbocycles. The maximum atomic E-state index is 12.4. The first-order chi connectivity index (χ1) is 9.22. The number of rotatable bonds is 1. The van der Waals surface area contributed by atoms with Crippen LogP contribution in [0.3, 0.4) is 0 Å². The standard InChI is InChI=1S/C15H11N3O/c16-8-10-4-1-2-7-13(10)18-9-11-5-3-6-12(17)14(11)15(18)19/h1-7H,9,17H2. The molecular weight excluding hydrogens is 238 g/mol. The highest BCUT2D eigenvalue weighted by atomic mass is 16.2. The molecule has 1 amide bonds. The first kappa shape index (κ1) is 11.3. The Balaban J connectivity index is 2.10. The second kappa shape index (κ2) is 4.14. The third-order valence-corrected chi connectivity index (χ3v) is 3.29. The van der Waals surface area contributed by atoms with Crippen molar-refractivity contribution in [3.05, 3.63) is 59.2 Å². The fourth-order valence-electron chi connectivity index (χ4n) is 2.39. The molecule has 0 unspecified atom stereocenters. The summed E-state index contributed by atoms with van der Waals surface area (Å²) in [5.74, 6) is -0.143. The van der Waals surface area contributed by atoms with Crippen molar-refractivity contribution in [2.75, 3.05) is 10.6 Å². The van der Waals surface area contributed by atoms with Crippen LogP contribution < -0.4 is 10.6 Å². The van der Waals surface area contributed by atoms with Gasteiger partial charge in [-0.15, -0.1) is 0 Å². The summed E-state index contributed by atoms with van der Waals surface area (Å²) in [6.07, 6.45) is 0. The van der Waals surface area contributed by atoms with Crippen molar-refractivity contribution >= 4 is 17.3 Å².